The second kappa shape index (κ2) is 7.32. The van der Waals surface area contributed by atoms with Gasteiger partial charge in [0.25, 0.3) is 0 Å². The van der Waals surface area contributed by atoms with Crippen molar-refractivity contribution in [1.29, 1.82) is 0 Å². The van der Waals surface area contributed by atoms with E-state index in [4.69, 9.17) is 5.11 Å². The Labute approximate surface area is 83.4 Å². The first-order valence-corrected chi connectivity index (χ1v) is 4.61. The second-order valence-electron chi connectivity index (χ2n) is 2.93. The highest BCUT2D eigenvalue weighted by molar-refractivity contribution is 5.81. The van der Waals surface area contributed by atoms with E-state index in [1.54, 1.807) is 0 Å². The van der Waals surface area contributed by atoms with E-state index in [9.17, 15) is 9.59 Å². The molecule has 2 N–H and O–H groups in total. The molecule has 0 saturated heterocycles. The first-order chi connectivity index (χ1) is 6.63. The van der Waals surface area contributed by atoms with E-state index in [-0.39, 0.29) is 31.4 Å². The minimum Gasteiger partial charge on any atom is -0.469 e. The van der Waals surface area contributed by atoms with Gasteiger partial charge in [0, 0.05) is 6.42 Å². The number of methoxy groups -OCH3 is 1. The van der Waals surface area contributed by atoms with Gasteiger partial charge >= 0.3 is 5.97 Å². The quantitative estimate of drug-likeness (QED) is 0.587. The number of carbonyl (C=O) groups excluding carboxylic acids is 2. The normalized spacial score (nSPS) is 11.9. The molecular weight excluding hydrogens is 186 g/mol. The van der Waals surface area contributed by atoms with Crippen molar-refractivity contribution in [1.82, 2.24) is 5.32 Å². The SMILES string of the molecule is CCC(CO)NC(=O)CCC(=O)OC. The Balaban J connectivity index is 3.69. The van der Waals surface area contributed by atoms with Crippen LogP contribution in [0, 0.1) is 0 Å². The Kier molecular flexibility index (Phi) is 6.74. The monoisotopic (exact) mass is 203 g/mol. The summed E-state index contributed by atoms with van der Waals surface area (Å²) in [6, 6.07) is -0.222. The summed E-state index contributed by atoms with van der Waals surface area (Å²) >= 11 is 0. The van der Waals surface area contributed by atoms with Crippen molar-refractivity contribution in [2.24, 2.45) is 0 Å². The van der Waals surface area contributed by atoms with Crippen LogP contribution in [0.4, 0.5) is 0 Å². The first-order valence-electron chi connectivity index (χ1n) is 4.61. The van der Waals surface area contributed by atoms with Gasteiger partial charge < -0.3 is 15.2 Å². The third kappa shape index (κ3) is 5.53. The molecule has 0 rings (SSSR count). The number of amides is 1. The van der Waals surface area contributed by atoms with Gasteiger partial charge in [0.15, 0.2) is 0 Å². The molecule has 1 amide bonds. The molecule has 82 valence electrons. The summed E-state index contributed by atoms with van der Waals surface area (Å²) in [5.41, 5.74) is 0. The van der Waals surface area contributed by atoms with Crippen molar-refractivity contribution in [3.05, 3.63) is 0 Å². The Hall–Kier alpha value is -1.10. The molecule has 0 aliphatic carbocycles. The molecule has 0 bridgehead atoms. The zero-order chi connectivity index (χ0) is 11.0. The average Bonchev–Trinajstić information content (AvgIpc) is 2.22. The lowest BCUT2D eigenvalue weighted by Crippen LogP contribution is -2.37. The lowest BCUT2D eigenvalue weighted by atomic mass is 10.2. The van der Waals surface area contributed by atoms with E-state index >= 15 is 0 Å². The van der Waals surface area contributed by atoms with Gasteiger partial charge in [0.05, 0.1) is 26.2 Å². The van der Waals surface area contributed by atoms with Crippen molar-refractivity contribution >= 4 is 11.9 Å². The van der Waals surface area contributed by atoms with Crippen molar-refractivity contribution in [2.45, 2.75) is 32.2 Å². The molecular formula is C9H17NO4. The van der Waals surface area contributed by atoms with Crippen LogP contribution >= 0.6 is 0 Å². The maximum absolute atomic E-state index is 11.2. The topological polar surface area (TPSA) is 75.6 Å². The highest BCUT2D eigenvalue weighted by Gasteiger charge is 2.10. The Morgan fingerprint density at radius 2 is 2.07 bits per heavy atom. The molecule has 5 nitrogen and oxygen atoms in total. The van der Waals surface area contributed by atoms with Gasteiger partial charge in [-0.1, -0.05) is 6.92 Å². The van der Waals surface area contributed by atoms with E-state index in [0.717, 1.165) is 0 Å². The summed E-state index contributed by atoms with van der Waals surface area (Å²) in [5, 5.41) is 11.4. The Morgan fingerprint density at radius 1 is 1.43 bits per heavy atom. The van der Waals surface area contributed by atoms with Crippen LogP contribution in [-0.2, 0) is 14.3 Å². The molecule has 0 spiro atoms. The largest absolute Gasteiger partial charge is 0.469 e. The fourth-order valence-corrected chi connectivity index (χ4v) is 0.894. The second-order valence-corrected chi connectivity index (χ2v) is 2.93. The van der Waals surface area contributed by atoms with Crippen molar-refractivity contribution < 1.29 is 19.4 Å². The lowest BCUT2D eigenvalue weighted by molar-refractivity contribution is -0.142. The minimum absolute atomic E-state index is 0.0736. The number of hydrogen-bond acceptors (Lipinski definition) is 4. The van der Waals surface area contributed by atoms with Crippen LogP contribution < -0.4 is 5.32 Å². The van der Waals surface area contributed by atoms with E-state index in [1.165, 1.54) is 7.11 Å². The molecule has 1 atom stereocenters. The third-order valence-corrected chi connectivity index (χ3v) is 1.86. The zero-order valence-corrected chi connectivity index (χ0v) is 8.58. The lowest BCUT2D eigenvalue weighted by Gasteiger charge is -2.13. The summed E-state index contributed by atoms with van der Waals surface area (Å²) in [6.45, 7) is 1.78. The summed E-state index contributed by atoms with van der Waals surface area (Å²) in [5.74, 6) is -0.645. The van der Waals surface area contributed by atoms with Crippen LogP contribution in [0.2, 0.25) is 0 Å². The van der Waals surface area contributed by atoms with Crippen molar-refractivity contribution in [3.8, 4) is 0 Å². The number of aliphatic hydroxyl groups excluding tert-OH is 1. The van der Waals surface area contributed by atoms with Gasteiger partial charge in [-0.25, -0.2) is 0 Å². The predicted molar refractivity (Wildman–Crippen MR) is 50.6 cm³/mol. The maximum atomic E-state index is 11.2. The van der Waals surface area contributed by atoms with Gasteiger partial charge in [-0.2, -0.15) is 0 Å². The Bertz CT molecular complexity index is 189. The highest BCUT2D eigenvalue weighted by atomic mass is 16.5. The number of aliphatic hydroxyl groups is 1. The van der Waals surface area contributed by atoms with Gasteiger partial charge in [-0.3, -0.25) is 9.59 Å². The molecule has 0 fully saturated rings. The summed E-state index contributed by atoms with van der Waals surface area (Å²) in [7, 11) is 1.28. The number of rotatable bonds is 6. The molecule has 5 heteroatoms. The Morgan fingerprint density at radius 3 is 2.50 bits per heavy atom. The van der Waals surface area contributed by atoms with Crippen LogP contribution in [0.3, 0.4) is 0 Å². The van der Waals surface area contributed by atoms with Crippen LogP contribution in [0.5, 0.6) is 0 Å². The number of hydrogen-bond donors (Lipinski definition) is 2. The predicted octanol–water partition coefficient (Wildman–Crippen LogP) is -0.173. The third-order valence-electron chi connectivity index (χ3n) is 1.86. The van der Waals surface area contributed by atoms with E-state index < -0.39 is 5.97 Å². The zero-order valence-electron chi connectivity index (χ0n) is 8.58. The standard InChI is InChI=1S/C9H17NO4/c1-3-7(6-11)10-8(12)4-5-9(13)14-2/h7,11H,3-6H2,1-2H3,(H,10,12). The molecule has 14 heavy (non-hydrogen) atoms. The minimum atomic E-state index is -0.405. The first kappa shape index (κ1) is 12.9. The number of esters is 1. The number of carbonyl (C=O) groups is 2. The van der Waals surface area contributed by atoms with Gasteiger partial charge in [0.1, 0.15) is 0 Å². The molecule has 0 aliphatic heterocycles. The van der Waals surface area contributed by atoms with E-state index in [1.807, 2.05) is 6.92 Å². The molecule has 0 aliphatic rings. The molecule has 0 aromatic rings. The highest BCUT2D eigenvalue weighted by Crippen LogP contribution is 1.95. The van der Waals surface area contributed by atoms with Gasteiger partial charge in [-0.15, -0.1) is 0 Å². The number of ether oxygens (including phenoxy) is 1. The molecule has 0 heterocycles. The maximum Gasteiger partial charge on any atom is 0.306 e. The van der Waals surface area contributed by atoms with Crippen molar-refractivity contribution in [3.63, 3.8) is 0 Å². The van der Waals surface area contributed by atoms with Crippen LogP contribution in [0.1, 0.15) is 26.2 Å². The van der Waals surface area contributed by atoms with E-state index in [2.05, 4.69) is 10.1 Å². The van der Waals surface area contributed by atoms with Crippen molar-refractivity contribution in [2.75, 3.05) is 13.7 Å². The summed E-state index contributed by atoms with van der Waals surface area (Å²) < 4.78 is 4.39. The summed E-state index contributed by atoms with van der Waals surface area (Å²) in [4.78, 5) is 21.9. The fraction of sp³-hybridized carbons (Fsp3) is 0.778. The molecule has 0 aromatic carbocycles. The van der Waals surface area contributed by atoms with Crippen LogP contribution in [0.15, 0.2) is 0 Å². The number of nitrogens with one attached hydrogen (secondary N) is 1. The van der Waals surface area contributed by atoms with Crippen LogP contribution in [0.25, 0.3) is 0 Å². The molecule has 0 aromatic heterocycles. The smallest absolute Gasteiger partial charge is 0.306 e. The van der Waals surface area contributed by atoms with Gasteiger partial charge in [-0.05, 0) is 6.42 Å². The summed E-state index contributed by atoms with van der Waals surface area (Å²) in [6.07, 6.45) is 0.841. The van der Waals surface area contributed by atoms with Gasteiger partial charge in [0.2, 0.25) is 5.91 Å². The van der Waals surface area contributed by atoms with E-state index in [0.29, 0.717) is 6.42 Å². The molecule has 0 radical (unpaired) electrons. The molecule has 1 unspecified atom stereocenters. The fourth-order valence-electron chi connectivity index (χ4n) is 0.894. The average molecular weight is 203 g/mol. The van der Waals surface area contributed by atoms with Crippen LogP contribution in [-0.4, -0.2) is 36.7 Å². The molecule has 0 saturated carbocycles.